The maximum absolute atomic E-state index is 12.2. The summed E-state index contributed by atoms with van der Waals surface area (Å²) in [4.78, 5) is 13.2. The monoisotopic (exact) mass is 285 g/mol. The summed E-state index contributed by atoms with van der Waals surface area (Å²) in [5.74, 6) is -0.311. The minimum Gasteiger partial charge on any atom is -0.316 e. The molecule has 0 aliphatic rings. The van der Waals surface area contributed by atoms with Gasteiger partial charge in [0.1, 0.15) is 17.1 Å². The second-order valence-electron chi connectivity index (χ2n) is 4.48. The van der Waals surface area contributed by atoms with Gasteiger partial charge in [-0.15, -0.1) is 11.3 Å². The van der Waals surface area contributed by atoms with Gasteiger partial charge in [-0.1, -0.05) is 30.3 Å². The summed E-state index contributed by atoms with van der Waals surface area (Å²) >= 11 is 1.40. The Morgan fingerprint density at radius 1 is 1.35 bits per heavy atom. The number of thiophene rings is 1. The molecule has 0 radical (unpaired) electrons. The van der Waals surface area contributed by atoms with Gasteiger partial charge in [0.05, 0.1) is 5.56 Å². The van der Waals surface area contributed by atoms with Crippen LogP contribution in [0.4, 0.5) is 5.00 Å². The Morgan fingerprint density at radius 2 is 2.00 bits per heavy atom. The molecule has 0 unspecified atom stereocenters. The fourth-order valence-electron chi connectivity index (χ4n) is 1.85. The van der Waals surface area contributed by atoms with Crippen molar-refractivity contribution in [2.24, 2.45) is 5.73 Å². The molecule has 0 fully saturated rings. The first-order valence-electron chi connectivity index (χ1n) is 6.16. The van der Waals surface area contributed by atoms with E-state index in [1.807, 2.05) is 32.0 Å². The minimum absolute atomic E-state index is 0.311. The second-order valence-corrected chi connectivity index (χ2v) is 5.70. The molecular formula is C15H15N3OS. The zero-order valence-corrected chi connectivity index (χ0v) is 12.1. The summed E-state index contributed by atoms with van der Waals surface area (Å²) in [5, 5.41) is 12.5. The molecule has 0 aliphatic carbocycles. The van der Waals surface area contributed by atoms with Crippen LogP contribution in [0.5, 0.6) is 0 Å². The molecule has 2 rings (SSSR count). The van der Waals surface area contributed by atoms with Gasteiger partial charge >= 0.3 is 0 Å². The number of nitriles is 1. The molecule has 1 aromatic carbocycles. The number of anilines is 1. The number of nitrogens with one attached hydrogen (secondary N) is 1. The molecule has 3 N–H and O–H groups in total. The maximum atomic E-state index is 12.2. The Hall–Kier alpha value is -2.16. The topological polar surface area (TPSA) is 78.9 Å². The number of carbonyl (C=O) groups excluding carboxylic acids is 1. The van der Waals surface area contributed by atoms with Gasteiger partial charge in [0, 0.05) is 4.88 Å². The molecule has 102 valence electrons. The van der Waals surface area contributed by atoms with Crippen LogP contribution in [0, 0.1) is 25.2 Å². The largest absolute Gasteiger partial charge is 0.316 e. The van der Waals surface area contributed by atoms with E-state index in [4.69, 9.17) is 11.0 Å². The van der Waals surface area contributed by atoms with Crippen molar-refractivity contribution < 1.29 is 4.79 Å². The summed E-state index contributed by atoms with van der Waals surface area (Å²) < 4.78 is 0. The van der Waals surface area contributed by atoms with Gasteiger partial charge in [-0.05, 0) is 25.0 Å². The van der Waals surface area contributed by atoms with E-state index >= 15 is 0 Å². The van der Waals surface area contributed by atoms with Crippen LogP contribution in [0.3, 0.4) is 0 Å². The zero-order chi connectivity index (χ0) is 14.7. The molecular weight excluding hydrogens is 270 g/mol. The molecule has 1 amide bonds. The maximum Gasteiger partial charge on any atom is 0.246 e. The van der Waals surface area contributed by atoms with Crippen LogP contribution >= 0.6 is 11.3 Å². The number of carbonyl (C=O) groups is 1. The number of benzene rings is 1. The van der Waals surface area contributed by atoms with E-state index in [-0.39, 0.29) is 5.91 Å². The molecule has 2 aromatic rings. The van der Waals surface area contributed by atoms with E-state index in [2.05, 4.69) is 11.4 Å². The Labute approximate surface area is 121 Å². The first-order chi connectivity index (χ1) is 9.54. The molecule has 1 atom stereocenters. The van der Waals surface area contributed by atoms with Crippen molar-refractivity contribution in [3.05, 3.63) is 51.9 Å². The second kappa shape index (κ2) is 5.87. The minimum atomic E-state index is -0.745. The highest BCUT2D eigenvalue weighted by molar-refractivity contribution is 7.16. The number of rotatable bonds is 3. The Balaban J connectivity index is 2.21. The third-order valence-corrected chi connectivity index (χ3v) is 4.30. The lowest BCUT2D eigenvalue weighted by atomic mass is 10.1. The van der Waals surface area contributed by atoms with Gasteiger partial charge in [-0.25, -0.2) is 0 Å². The molecule has 4 nitrogen and oxygen atoms in total. The highest BCUT2D eigenvalue weighted by Gasteiger charge is 2.19. The Bertz CT molecular complexity index is 670. The fourth-order valence-corrected chi connectivity index (χ4v) is 2.86. The van der Waals surface area contributed by atoms with Gasteiger partial charge in [0.25, 0.3) is 0 Å². The van der Waals surface area contributed by atoms with Crippen molar-refractivity contribution in [1.29, 1.82) is 5.26 Å². The van der Waals surface area contributed by atoms with Crippen molar-refractivity contribution in [3.63, 3.8) is 0 Å². The molecule has 1 heterocycles. The van der Waals surface area contributed by atoms with E-state index in [9.17, 15) is 4.79 Å². The van der Waals surface area contributed by atoms with Gasteiger partial charge in [0.15, 0.2) is 0 Å². The molecule has 0 saturated heterocycles. The van der Waals surface area contributed by atoms with Crippen LogP contribution in [-0.2, 0) is 4.79 Å². The molecule has 0 spiro atoms. The summed E-state index contributed by atoms with van der Waals surface area (Å²) in [6, 6.07) is 10.5. The lowest BCUT2D eigenvalue weighted by Gasteiger charge is -2.11. The fraction of sp³-hybridized carbons (Fsp3) is 0.200. The molecule has 0 aliphatic heterocycles. The lowest BCUT2D eigenvalue weighted by molar-refractivity contribution is -0.117. The van der Waals surface area contributed by atoms with Crippen LogP contribution in [0.2, 0.25) is 0 Å². The normalized spacial score (nSPS) is 11.7. The zero-order valence-electron chi connectivity index (χ0n) is 11.3. The predicted molar refractivity (Wildman–Crippen MR) is 80.5 cm³/mol. The third-order valence-electron chi connectivity index (χ3n) is 3.18. The number of amides is 1. The highest BCUT2D eigenvalue weighted by Crippen LogP contribution is 2.32. The first-order valence-corrected chi connectivity index (χ1v) is 6.97. The van der Waals surface area contributed by atoms with Crippen LogP contribution < -0.4 is 11.1 Å². The van der Waals surface area contributed by atoms with Crippen molar-refractivity contribution in [2.75, 3.05) is 5.32 Å². The summed E-state index contributed by atoms with van der Waals surface area (Å²) in [5.41, 5.74) is 8.10. The van der Waals surface area contributed by atoms with Gasteiger partial charge in [-0.2, -0.15) is 5.26 Å². The van der Waals surface area contributed by atoms with Crippen molar-refractivity contribution in [2.45, 2.75) is 19.9 Å². The summed E-state index contributed by atoms with van der Waals surface area (Å²) in [6.45, 7) is 3.80. The van der Waals surface area contributed by atoms with E-state index in [0.717, 1.165) is 16.0 Å². The third kappa shape index (κ3) is 2.72. The van der Waals surface area contributed by atoms with Crippen LogP contribution in [0.15, 0.2) is 30.3 Å². The number of aryl methyl sites for hydroxylation is 1. The number of hydrogen-bond acceptors (Lipinski definition) is 4. The molecule has 0 saturated carbocycles. The van der Waals surface area contributed by atoms with Crippen LogP contribution in [0.25, 0.3) is 0 Å². The summed E-state index contributed by atoms with van der Waals surface area (Å²) in [6.07, 6.45) is 0. The SMILES string of the molecule is Cc1sc(NC(=O)[C@@H](N)c2ccccc2)c(C#N)c1C. The molecule has 5 heteroatoms. The van der Waals surface area contributed by atoms with E-state index in [0.29, 0.717) is 10.6 Å². The average molecular weight is 285 g/mol. The van der Waals surface area contributed by atoms with Crippen molar-refractivity contribution >= 4 is 22.2 Å². The number of hydrogen-bond donors (Lipinski definition) is 2. The van der Waals surface area contributed by atoms with Gasteiger partial charge in [-0.3, -0.25) is 4.79 Å². The molecule has 1 aromatic heterocycles. The molecule has 20 heavy (non-hydrogen) atoms. The van der Waals surface area contributed by atoms with Gasteiger partial charge < -0.3 is 11.1 Å². The van der Waals surface area contributed by atoms with E-state index in [1.165, 1.54) is 11.3 Å². The molecule has 0 bridgehead atoms. The van der Waals surface area contributed by atoms with Crippen LogP contribution in [-0.4, -0.2) is 5.91 Å². The Morgan fingerprint density at radius 3 is 2.60 bits per heavy atom. The van der Waals surface area contributed by atoms with Gasteiger partial charge in [0.2, 0.25) is 5.91 Å². The number of nitrogens with zero attached hydrogens (tertiary/aromatic N) is 1. The highest BCUT2D eigenvalue weighted by atomic mass is 32.1. The smallest absolute Gasteiger partial charge is 0.246 e. The Kier molecular flexibility index (Phi) is 4.18. The van der Waals surface area contributed by atoms with Crippen molar-refractivity contribution in [3.8, 4) is 6.07 Å². The average Bonchev–Trinajstić information content (AvgIpc) is 2.73. The lowest BCUT2D eigenvalue weighted by Crippen LogP contribution is -2.27. The number of nitrogens with two attached hydrogens (primary N) is 1. The van der Waals surface area contributed by atoms with Crippen LogP contribution in [0.1, 0.15) is 27.6 Å². The van der Waals surface area contributed by atoms with E-state index in [1.54, 1.807) is 12.1 Å². The first kappa shape index (κ1) is 14.3. The standard InChI is InChI=1S/C15H15N3OS/c1-9-10(2)20-15(12(9)8-16)18-14(19)13(17)11-6-4-3-5-7-11/h3-7,13H,17H2,1-2H3,(H,18,19)/t13-/m0/s1. The predicted octanol–water partition coefficient (Wildman–Crippen LogP) is 2.88. The summed E-state index contributed by atoms with van der Waals surface area (Å²) in [7, 11) is 0. The van der Waals surface area contributed by atoms with Crippen molar-refractivity contribution in [1.82, 2.24) is 0 Å². The quantitative estimate of drug-likeness (QED) is 0.910. The van der Waals surface area contributed by atoms with E-state index < -0.39 is 6.04 Å².